The molecule has 0 bridgehead atoms. The monoisotopic (exact) mass is 283 g/mol. The molecule has 1 amide bonds. The molecule has 1 heterocycles. The molecule has 1 fully saturated rings. The highest BCUT2D eigenvalue weighted by Gasteiger charge is 2.16. The molecule has 2 rings (SSSR count). The molecule has 5 heteroatoms. The lowest BCUT2D eigenvalue weighted by Gasteiger charge is -2.30. The van der Waals surface area contributed by atoms with Crippen molar-refractivity contribution in [1.29, 1.82) is 0 Å². The molecule has 1 atom stereocenters. The molecule has 3 N–H and O–H groups in total. The normalized spacial score (nSPS) is 19.5. The molecule has 106 valence electrons. The number of likely N-dealkylation sites (tertiary alicyclic amines) is 1. The molecule has 1 unspecified atom stereocenters. The minimum Gasteiger partial charge on any atom is -0.327 e. The van der Waals surface area contributed by atoms with Crippen LogP contribution in [0.3, 0.4) is 0 Å². The van der Waals surface area contributed by atoms with Gasteiger partial charge in [0.1, 0.15) is 0 Å². The predicted octanol–water partition coefficient (Wildman–Crippen LogP) is 1.86. The van der Waals surface area contributed by atoms with E-state index in [0.29, 0.717) is 6.42 Å². The fraction of sp³-hybridized carbons (Fsp3) is 0.500. The highest BCUT2D eigenvalue weighted by Crippen LogP contribution is 2.09. The van der Waals surface area contributed by atoms with Crippen LogP contribution in [0.15, 0.2) is 30.3 Å². The topological polar surface area (TPSA) is 58.4 Å². The summed E-state index contributed by atoms with van der Waals surface area (Å²) in [5.74, 6) is 0.0698. The number of benzene rings is 1. The van der Waals surface area contributed by atoms with E-state index in [2.05, 4.69) is 10.2 Å². The third-order valence-electron chi connectivity index (χ3n) is 3.25. The molecule has 1 aliphatic heterocycles. The van der Waals surface area contributed by atoms with Crippen molar-refractivity contribution in [2.75, 3.05) is 25.0 Å². The predicted molar refractivity (Wildman–Crippen MR) is 80.6 cm³/mol. The van der Waals surface area contributed by atoms with Crippen molar-refractivity contribution in [2.24, 2.45) is 5.73 Å². The number of rotatable bonds is 4. The number of nitrogens with zero attached hydrogens (tertiary/aromatic N) is 1. The maximum Gasteiger partial charge on any atom is 0.225 e. The van der Waals surface area contributed by atoms with Crippen molar-refractivity contribution in [3.05, 3.63) is 30.3 Å². The van der Waals surface area contributed by atoms with E-state index in [1.54, 1.807) is 0 Å². The van der Waals surface area contributed by atoms with Crippen LogP contribution in [0.5, 0.6) is 0 Å². The summed E-state index contributed by atoms with van der Waals surface area (Å²) in [6, 6.07) is 9.84. The van der Waals surface area contributed by atoms with E-state index in [9.17, 15) is 4.79 Å². The van der Waals surface area contributed by atoms with Crippen LogP contribution in [-0.2, 0) is 4.79 Å². The summed E-state index contributed by atoms with van der Waals surface area (Å²) in [7, 11) is 0. The van der Waals surface area contributed by atoms with Gasteiger partial charge in [0, 0.05) is 31.2 Å². The molecule has 19 heavy (non-hydrogen) atoms. The van der Waals surface area contributed by atoms with E-state index in [-0.39, 0.29) is 24.4 Å². The van der Waals surface area contributed by atoms with Gasteiger partial charge in [0.2, 0.25) is 5.91 Å². The number of anilines is 1. The number of hydrogen-bond acceptors (Lipinski definition) is 3. The summed E-state index contributed by atoms with van der Waals surface area (Å²) in [6.07, 6.45) is 2.77. The lowest BCUT2D eigenvalue weighted by atomic mass is 10.1. The van der Waals surface area contributed by atoms with Crippen LogP contribution < -0.4 is 11.1 Å². The maximum atomic E-state index is 11.8. The first-order valence-electron chi connectivity index (χ1n) is 6.57. The zero-order valence-electron chi connectivity index (χ0n) is 11.0. The Kier molecular flexibility index (Phi) is 6.84. The zero-order valence-corrected chi connectivity index (χ0v) is 11.9. The molecule has 0 radical (unpaired) electrons. The lowest BCUT2D eigenvalue weighted by Crippen LogP contribution is -2.43. The van der Waals surface area contributed by atoms with E-state index in [4.69, 9.17) is 5.73 Å². The van der Waals surface area contributed by atoms with Gasteiger partial charge in [-0.25, -0.2) is 0 Å². The van der Waals surface area contributed by atoms with E-state index in [1.807, 2.05) is 30.3 Å². The smallest absolute Gasteiger partial charge is 0.225 e. The first-order valence-corrected chi connectivity index (χ1v) is 6.57. The Morgan fingerprint density at radius 3 is 2.79 bits per heavy atom. The second-order valence-electron chi connectivity index (χ2n) is 4.87. The van der Waals surface area contributed by atoms with Gasteiger partial charge in [-0.2, -0.15) is 0 Å². The largest absolute Gasteiger partial charge is 0.327 e. The molecular formula is C14H22ClN3O. The van der Waals surface area contributed by atoms with E-state index in [1.165, 1.54) is 0 Å². The number of piperidine rings is 1. The second kappa shape index (κ2) is 8.15. The van der Waals surface area contributed by atoms with Gasteiger partial charge in [0.25, 0.3) is 0 Å². The molecule has 4 nitrogen and oxygen atoms in total. The standard InChI is InChI=1S/C14H21N3O.ClH/c15-12-5-4-9-17(11-12)10-8-14(18)16-13-6-2-1-3-7-13;/h1-3,6-7,12H,4-5,8-11,15H2,(H,16,18);1H. The molecule has 1 aliphatic rings. The van der Waals surface area contributed by atoms with Gasteiger partial charge < -0.3 is 16.0 Å². The van der Waals surface area contributed by atoms with Crippen molar-refractivity contribution >= 4 is 24.0 Å². The highest BCUT2D eigenvalue weighted by molar-refractivity contribution is 5.90. The number of hydrogen-bond donors (Lipinski definition) is 2. The summed E-state index contributed by atoms with van der Waals surface area (Å²) in [5.41, 5.74) is 6.77. The van der Waals surface area contributed by atoms with E-state index >= 15 is 0 Å². The van der Waals surface area contributed by atoms with Crippen molar-refractivity contribution in [2.45, 2.75) is 25.3 Å². The Bertz CT molecular complexity index is 386. The summed E-state index contributed by atoms with van der Waals surface area (Å²) in [5, 5.41) is 2.90. The quantitative estimate of drug-likeness (QED) is 0.887. The minimum absolute atomic E-state index is 0. The fourth-order valence-corrected chi connectivity index (χ4v) is 2.30. The van der Waals surface area contributed by atoms with Crippen LogP contribution in [0.4, 0.5) is 5.69 Å². The molecule has 0 aromatic heterocycles. The van der Waals surface area contributed by atoms with Gasteiger partial charge >= 0.3 is 0 Å². The Morgan fingerprint density at radius 1 is 1.37 bits per heavy atom. The number of carbonyl (C=O) groups is 1. The average molecular weight is 284 g/mol. The SMILES string of the molecule is Cl.NC1CCCN(CCC(=O)Nc2ccccc2)C1. The third-order valence-corrected chi connectivity index (χ3v) is 3.25. The fourth-order valence-electron chi connectivity index (χ4n) is 2.30. The summed E-state index contributed by atoms with van der Waals surface area (Å²) in [6.45, 7) is 2.78. The summed E-state index contributed by atoms with van der Waals surface area (Å²) < 4.78 is 0. The van der Waals surface area contributed by atoms with Crippen LogP contribution in [0.1, 0.15) is 19.3 Å². The number of carbonyl (C=O) groups excluding carboxylic acids is 1. The molecule has 1 aromatic carbocycles. The highest BCUT2D eigenvalue weighted by atomic mass is 35.5. The Labute approximate surface area is 120 Å². The Hall–Kier alpha value is -1.10. The van der Waals surface area contributed by atoms with Gasteiger partial charge in [-0.3, -0.25) is 4.79 Å². The lowest BCUT2D eigenvalue weighted by molar-refractivity contribution is -0.116. The van der Waals surface area contributed by atoms with Crippen LogP contribution in [0, 0.1) is 0 Å². The van der Waals surface area contributed by atoms with Crippen molar-refractivity contribution in [1.82, 2.24) is 4.90 Å². The molecule has 0 spiro atoms. The van der Waals surface area contributed by atoms with E-state index < -0.39 is 0 Å². The summed E-state index contributed by atoms with van der Waals surface area (Å²) in [4.78, 5) is 14.0. The molecular weight excluding hydrogens is 262 g/mol. The number of para-hydroxylation sites is 1. The number of halogens is 1. The summed E-state index contributed by atoms with van der Waals surface area (Å²) >= 11 is 0. The van der Waals surface area contributed by atoms with Crippen LogP contribution >= 0.6 is 12.4 Å². The number of nitrogens with two attached hydrogens (primary N) is 1. The molecule has 1 aromatic rings. The van der Waals surface area contributed by atoms with Crippen LogP contribution in [0.25, 0.3) is 0 Å². The average Bonchev–Trinajstić information content (AvgIpc) is 2.38. The molecule has 0 aliphatic carbocycles. The second-order valence-corrected chi connectivity index (χ2v) is 4.87. The first kappa shape index (κ1) is 16.0. The minimum atomic E-state index is 0. The van der Waals surface area contributed by atoms with Gasteiger partial charge in [-0.1, -0.05) is 18.2 Å². The molecule has 0 saturated carbocycles. The van der Waals surface area contributed by atoms with Crippen molar-refractivity contribution in [3.63, 3.8) is 0 Å². The number of amides is 1. The first-order chi connectivity index (χ1) is 8.74. The van der Waals surface area contributed by atoms with Crippen LogP contribution in [-0.4, -0.2) is 36.5 Å². The Morgan fingerprint density at radius 2 is 2.11 bits per heavy atom. The number of nitrogens with one attached hydrogen (secondary N) is 1. The van der Waals surface area contributed by atoms with Crippen molar-refractivity contribution < 1.29 is 4.79 Å². The Balaban J connectivity index is 0.00000180. The van der Waals surface area contributed by atoms with Gasteiger partial charge in [0.15, 0.2) is 0 Å². The molecule has 1 saturated heterocycles. The van der Waals surface area contributed by atoms with Crippen molar-refractivity contribution in [3.8, 4) is 0 Å². The van der Waals surface area contributed by atoms with Gasteiger partial charge in [0.05, 0.1) is 0 Å². The van der Waals surface area contributed by atoms with Gasteiger partial charge in [-0.15, -0.1) is 12.4 Å². The third kappa shape index (κ3) is 5.59. The van der Waals surface area contributed by atoms with Gasteiger partial charge in [-0.05, 0) is 31.5 Å². The van der Waals surface area contributed by atoms with Crippen LogP contribution in [0.2, 0.25) is 0 Å². The maximum absolute atomic E-state index is 11.8. The van der Waals surface area contributed by atoms with E-state index in [0.717, 1.165) is 38.2 Å². The zero-order chi connectivity index (χ0) is 12.8.